The molecule has 98 valence electrons. The Morgan fingerprint density at radius 2 is 2.16 bits per heavy atom. The highest BCUT2D eigenvalue weighted by atomic mass is 16.2. The Bertz CT molecular complexity index is 636. The molecule has 3 rings (SSSR count). The summed E-state index contributed by atoms with van der Waals surface area (Å²) in [4.78, 5) is 16.3. The van der Waals surface area contributed by atoms with Gasteiger partial charge in [0.1, 0.15) is 0 Å². The molecule has 1 aliphatic heterocycles. The highest BCUT2D eigenvalue weighted by molar-refractivity contribution is 5.86. The first-order valence-corrected chi connectivity index (χ1v) is 6.84. The van der Waals surface area contributed by atoms with Crippen molar-refractivity contribution in [3.05, 3.63) is 41.6 Å². The number of carbonyl (C=O) groups is 1. The van der Waals surface area contributed by atoms with Gasteiger partial charge in [0.15, 0.2) is 0 Å². The Morgan fingerprint density at radius 1 is 1.37 bits per heavy atom. The van der Waals surface area contributed by atoms with Crippen LogP contribution in [0.5, 0.6) is 0 Å². The summed E-state index contributed by atoms with van der Waals surface area (Å²) in [5.41, 5.74) is 3.29. The van der Waals surface area contributed by atoms with E-state index in [2.05, 4.69) is 29.4 Å². The molecule has 0 aliphatic carbocycles. The van der Waals surface area contributed by atoms with Crippen molar-refractivity contribution in [3.63, 3.8) is 0 Å². The van der Waals surface area contributed by atoms with Crippen LogP contribution in [0.25, 0.3) is 10.9 Å². The molecule has 2 unspecified atom stereocenters. The molecule has 1 saturated heterocycles. The summed E-state index contributed by atoms with van der Waals surface area (Å²) in [6.45, 7) is 4.14. The summed E-state index contributed by atoms with van der Waals surface area (Å²) >= 11 is 0. The van der Waals surface area contributed by atoms with Gasteiger partial charge < -0.3 is 5.32 Å². The van der Waals surface area contributed by atoms with E-state index in [1.54, 1.807) is 0 Å². The van der Waals surface area contributed by atoms with Crippen molar-refractivity contribution in [2.24, 2.45) is 0 Å². The fourth-order valence-electron chi connectivity index (χ4n) is 3.07. The van der Waals surface area contributed by atoms with E-state index in [1.165, 1.54) is 10.9 Å². The molecule has 19 heavy (non-hydrogen) atoms. The van der Waals surface area contributed by atoms with Crippen molar-refractivity contribution < 1.29 is 4.79 Å². The predicted octanol–water partition coefficient (Wildman–Crippen LogP) is 2.93. The average molecular weight is 254 g/mol. The zero-order chi connectivity index (χ0) is 13.4. The van der Waals surface area contributed by atoms with E-state index in [9.17, 15) is 4.79 Å². The summed E-state index contributed by atoms with van der Waals surface area (Å²) in [6.07, 6.45) is 1.55. The number of pyridine rings is 1. The maximum absolute atomic E-state index is 11.7. The molecule has 1 amide bonds. The van der Waals surface area contributed by atoms with Crippen LogP contribution in [-0.2, 0) is 4.79 Å². The normalized spacial score (nSPS) is 22.7. The largest absolute Gasteiger partial charge is 0.353 e. The Balaban J connectivity index is 2.16. The van der Waals surface area contributed by atoms with Crippen molar-refractivity contribution in [1.82, 2.24) is 10.3 Å². The smallest absolute Gasteiger partial charge is 0.220 e. The number of nitrogens with one attached hydrogen (secondary N) is 1. The third kappa shape index (κ3) is 2.09. The van der Waals surface area contributed by atoms with Crippen LogP contribution in [-0.4, -0.2) is 16.9 Å². The van der Waals surface area contributed by atoms with Gasteiger partial charge in [0.05, 0.1) is 5.52 Å². The van der Waals surface area contributed by atoms with Crippen molar-refractivity contribution in [2.45, 2.75) is 38.6 Å². The van der Waals surface area contributed by atoms with E-state index >= 15 is 0 Å². The van der Waals surface area contributed by atoms with Gasteiger partial charge in [0, 0.05) is 29.5 Å². The van der Waals surface area contributed by atoms with Crippen LogP contribution in [0.3, 0.4) is 0 Å². The highest BCUT2D eigenvalue weighted by Crippen LogP contribution is 2.34. The maximum atomic E-state index is 11.7. The van der Waals surface area contributed by atoms with E-state index in [0.717, 1.165) is 17.6 Å². The minimum atomic E-state index is 0.162. The number of carbonyl (C=O) groups excluding carboxylic acids is 1. The average Bonchev–Trinajstić information content (AvgIpc) is 2.78. The summed E-state index contributed by atoms with van der Waals surface area (Å²) in [5, 5.41) is 4.25. The lowest BCUT2D eigenvalue weighted by molar-refractivity contribution is -0.119. The molecule has 2 heterocycles. The molecule has 0 spiro atoms. The highest BCUT2D eigenvalue weighted by Gasteiger charge is 2.33. The van der Waals surface area contributed by atoms with Crippen LogP contribution in [0.2, 0.25) is 0 Å². The number of aromatic nitrogens is 1. The van der Waals surface area contributed by atoms with Crippen molar-refractivity contribution in [3.8, 4) is 0 Å². The number of nitrogens with zero attached hydrogens (tertiary/aromatic N) is 1. The van der Waals surface area contributed by atoms with Crippen LogP contribution in [0.4, 0.5) is 0 Å². The Hall–Kier alpha value is -1.90. The quantitative estimate of drug-likeness (QED) is 0.895. The number of para-hydroxylation sites is 1. The van der Waals surface area contributed by atoms with Crippen molar-refractivity contribution in [2.75, 3.05) is 0 Å². The van der Waals surface area contributed by atoms with E-state index in [0.29, 0.717) is 6.42 Å². The van der Waals surface area contributed by atoms with Crippen molar-refractivity contribution >= 4 is 16.8 Å². The second-order valence-corrected chi connectivity index (χ2v) is 5.26. The minimum absolute atomic E-state index is 0.162. The summed E-state index contributed by atoms with van der Waals surface area (Å²) in [5.74, 6) is 0.430. The third-order valence-electron chi connectivity index (χ3n) is 3.95. The Morgan fingerprint density at radius 3 is 2.95 bits per heavy atom. The van der Waals surface area contributed by atoms with Gasteiger partial charge in [-0.25, -0.2) is 0 Å². The maximum Gasteiger partial charge on any atom is 0.220 e. The number of hydrogen-bond acceptors (Lipinski definition) is 2. The lowest BCUT2D eigenvalue weighted by Gasteiger charge is -2.19. The monoisotopic (exact) mass is 254 g/mol. The van der Waals surface area contributed by atoms with Gasteiger partial charge >= 0.3 is 0 Å². The standard InChI is InChI=1S/C16H18N2O/c1-3-14-13(9-16(19)18-14)12-8-10(2)17-15-7-5-4-6-11(12)15/h4-8,13-14H,3,9H2,1-2H3,(H,18,19). The van der Waals surface area contributed by atoms with Gasteiger partial charge in [-0.2, -0.15) is 0 Å². The fourth-order valence-corrected chi connectivity index (χ4v) is 3.07. The molecular formula is C16H18N2O. The Kier molecular flexibility index (Phi) is 2.97. The molecule has 0 radical (unpaired) electrons. The SMILES string of the molecule is CCC1NC(=O)CC1c1cc(C)nc2ccccc12. The van der Waals surface area contributed by atoms with Gasteiger partial charge in [-0.15, -0.1) is 0 Å². The molecule has 2 atom stereocenters. The molecule has 1 aromatic heterocycles. The number of hydrogen-bond donors (Lipinski definition) is 1. The van der Waals surface area contributed by atoms with Gasteiger partial charge in [0.2, 0.25) is 5.91 Å². The Labute approximate surface area is 113 Å². The molecule has 3 heteroatoms. The number of aryl methyl sites for hydroxylation is 1. The van der Waals surface area contributed by atoms with Crippen LogP contribution in [0.1, 0.15) is 36.9 Å². The van der Waals surface area contributed by atoms with Crippen molar-refractivity contribution in [1.29, 1.82) is 0 Å². The fraction of sp³-hybridized carbons (Fsp3) is 0.375. The number of fused-ring (bicyclic) bond motifs is 1. The third-order valence-corrected chi connectivity index (χ3v) is 3.95. The lowest BCUT2D eigenvalue weighted by atomic mass is 9.88. The van der Waals surface area contributed by atoms with Gasteiger partial charge in [0.25, 0.3) is 0 Å². The first-order valence-electron chi connectivity index (χ1n) is 6.84. The number of amides is 1. The topological polar surface area (TPSA) is 42.0 Å². The van der Waals surface area contributed by atoms with Crippen LogP contribution < -0.4 is 5.32 Å². The minimum Gasteiger partial charge on any atom is -0.353 e. The predicted molar refractivity (Wildman–Crippen MR) is 76.1 cm³/mol. The molecular weight excluding hydrogens is 236 g/mol. The molecule has 0 saturated carbocycles. The molecule has 0 bridgehead atoms. The zero-order valence-corrected chi connectivity index (χ0v) is 11.3. The first kappa shape index (κ1) is 12.2. The second-order valence-electron chi connectivity index (χ2n) is 5.26. The van der Waals surface area contributed by atoms with E-state index in [1.807, 2.05) is 25.1 Å². The van der Waals surface area contributed by atoms with Gasteiger partial charge in [-0.1, -0.05) is 25.1 Å². The van der Waals surface area contributed by atoms with Gasteiger partial charge in [-0.05, 0) is 31.0 Å². The summed E-state index contributed by atoms with van der Waals surface area (Å²) in [7, 11) is 0. The van der Waals surface area contributed by atoms with Crippen LogP contribution in [0.15, 0.2) is 30.3 Å². The molecule has 1 aromatic carbocycles. The zero-order valence-electron chi connectivity index (χ0n) is 11.3. The van der Waals surface area contributed by atoms with E-state index in [4.69, 9.17) is 0 Å². The number of benzene rings is 1. The lowest BCUT2D eigenvalue weighted by Crippen LogP contribution is -2.27. The second kappa shape index (κ2) is 4.65. The van der Waals surface area contributed by atoms with E-state index < -0.39 is 0 Å². The number of rotatable bonds is 2. The van der Waals surface area contributed by atoms with Gasteiger partial charge in [-0.3, -0.25) is 9.78 Å². The van der Waals surface area contributed by atoms with Crippen LogP contribution in [0, 0.1) is 6.92 Å². The van der Waals surface area contributed by atoms with Crippen LogP contribution >= 0.6 is 0 Å². The molecule has 1 aliphatic rings. The first-order chi connectivity index (χ1) is 9.19. The molecule has 1 N–H and O–H groups in total. The molecule has 1 fully saturated rings. The molecule has 3 nitrogen and oxygen atoms in total. The summed E-state index contributed by atoms with van der Waals surface area (Å²) in [6, 6.07) is 10.6. The van der Waals surface area contributed by atoms with E-state index in [-0.39, 0.29) is 17.9 Å². The summed E-state index contributed by atoms with van der Waals surface area (Å²) < 4.78 is 0. The molecule has 2 aromatic rings.